The first-order valence-electron chi connectivity index (χ1n) is 8.66. The zero-order valence-electron chi connectivity index (χ0n) is 16.4. The monoisotopic (exact) mass is 437 g/mol. The molecule has 9 nitrogen and oxygen atoms in total. The maximum atomic E-state index is 13.8. The minimum absolute atomic E-state index is 0.106. The Balaban J connectivity index is 2.23. The van der Waals surface area contributed by atoms with Gasteiger partial charge in [0.2, 0.25) is 0 Å². The second-order valence-corrected chi connectivity index (χ2v) is 7.86. The third-order valence-electron chi connectivity index (χ3n) is 3.97. The number of urea groups is 1. The Morgan fingerprint density at radius 2 is 1.77 bits per heavy atom. The van der Waals surface area contributed by atoms with Crippen molar-refractivity contribution in [2.24, 2.45) is 0 Å². The van der Waals surface area contributed by atoms with Gasteiger partial charge in [-0.3, -0.25) is 14.8 Å². The smallest absolute Gasteiger partial charge is 0.339 e. The van der Waals surface area contributed by atoms with Gasteiger partial charge in [-0.2, -0.15) is 0 Å². The number of hydrogen-bond acceptors (Lipinski definition) is 6. The predicted molar refractivity (Wildman–Crippen MR) is 106 cm³/mol. The number of sulfonamides is 1. The van der Waals surface area contributed by atoms with E-state index in [9.17, 15) is 27.2 Å². The maximum Gasteiger partial charge on any atom is 0.339 e. The molecule has 11 heteroatoms. The van der Waals surface area contributed by atoms with Crippen LogP contribution in [0.25, 0.3) is 0 Å². The number of halogens is 1. The Hall–Kier alpha value is -3.47. The van der Waals surface area contributed by atoms with Crippen LogP contribution in [0.15, 0.2) is 47.4 Å². The molecule has 0 radical (unpaired) electrons. The van der Waals surface area contributed by atoms with Gasteiger partial charge in [0, 0.05) is 7.05 Å². The fourth-order valence-electron chi connectivity index (χ4n) is 2.29. The second kappa shape index (κ2) is 9.35. The van der Waals surface area contributed by atoms with E-state index in [0.717, 1.165) is 12.1 Å². The summed E-state index contributed by atoms with van der Waals surface area (Å²) in [6.45, 7) is 2.80. The molecule has 0 aliphatic carbocycles. The van der Waals surface area contributed by atoms with Crippen LogP contribution in [-0.2, 0) is 19.6 Å². The first-order chi connectivity index (χ1) is 14.0. The lowest BCUT2D eigenvalue weighted by molar-refractivity contribution is -0.127. The fourth-order valence-corrected chi connectivity index (χ4v) is 3.38. The number of carbonyl (C=O) groups is 3. The molecule has 1 unspecified atom stereocenters. The largest absolute Gasteiger partial charge is 0.449 e. The number of nitrogens with one attached hydrogen (secondary N) is 3. The van der Waals surface area contributed by atoms with E-state index in [4.69, 9.17) is 4.74 Å². The number of anilines is 1. The summed E-state index contributed by atoms with van der Waals surface area (Å²) in [6, 6.07) is 8.14. The molecule has 0 saturated carbocycles. The highest BCUT2D eigenvalue weighted by Gasteiger charge is 2.24. The summed E-state index contributed by atoms with van der Waals surface area (Å²) in [5.41, 5.74) is 0.0384. The predicted octanol–water partition coefficient (Wildman–Crippen LogP) is 1.94. The van der Waals surface area contributed by atoms with Crippen LogP contribution in [0.4, 0.5) is 14.9 Å². The quantitative estimate of drug-likeness (QED) is 0.592. The van der Waals surface area contributed by atoms with Crippen molar-refractivity contribution in [2.45, 2.75) is 24.8 Å². The standard InChI is InChI=1S/C19H20FN3O6S/c1-11-8-9-13(30(27,28)23-16-7-5-4-6-15(16)20)10-14(11)18(25)29-12(2)17(24)22-19(26)21-3/h4-10,12,23H,1-3H3,(H2,21,22,24,26). The number of hydrogen-bond donors (Lipinski definition) is 3. The van der Waals surface area contributed by atoms with Crippen LogP contribution >= 0.6 is 0 Å². The highest BCUT2D eigenvalue weighted by molar-refractivity contribution is 7.92. The van der Waals surface area contributed by atoms with Crippen LogP contribution < -0.4 is 15.4 Å². The molecule has 3 N–H and O–H groups in total. The molecule has 1 atom stereocenters. The molecular formula is C19H20FN3O6S. The van der Waals surface area contributed by atoms with Gasteiger partial charge in [-0.25, -0.2) is 22.4 Å². The fraction of sp³-hybridized carbons (Fsp3) is 0.211. The molecule has 0 aliphatic rings. The summed E-state index contributed by atoms with van der Waals surface area (Å²) in [5, 5.41) is 4.14. The minimum Gasteiger partial charge on any atom is -0.449 e. The van der Waals surface area contributed by atoms with E-state index < -0.39 is 39.9 Å². The SMILES string of the molecule is CNC(=O)NC(=O)C(C)OC(=O)c1cc(S(=O)(=O)Nc2ccccc2F)ccc1C. The zero-order chi connectivity index (χ0) is 22.5. The Kier molecular flexibility index (Phi) is 7.11. The van der Waals surface area contributed by atoms with Gasteiger partial charge in [0.1, 0.15) is 5.82 Å². The van der Waals surface area contributed by atoms with Crippen molar-refractivity contribution in [3.63, 3.8) is 0 Å². The lowest BCUT2D eigenvalue weighted by atomic mass is 10.1. The molecule has 160 valence electrons. The zero-order valence-corrected chi connectivity index (χ0v) is 17.2. The van der Waals surface area contributed by atoms with Gasteiger partial charge in [0.15, 0.2) is 6.10 Å². The molecule has 2 rings (SSSR count). The number of amides is 3. The normalized spacial score (nSPS) is 11.9. The van der Waals surface area contributed by atoms with Gasteiger partial charge < -0.3 is 10.1 Å². The second-order valence-electron chi connectivity index (χ2n) is 6.18. The molecule has 0 bridgehead atoms. The lowest BCUT2D eigenvalue weighted by Crippen LogP contribution is -2.43. The van der Waals surface area contributed by atoms with Crippen molar-refractivity contribution >= 4 is 33.6 Å². The average molecular weight is 437 g/mol. The maximum absolute atomic E-state index is 13.8. The van der Waals surface area contributed by atoms with E-state index in [2.05, 4.69) is 10.0 Å². The van der Waals surface area contributed by atoms with E-state index in [-0.39, 0.29) is 16.1 Å². The van der Waals surface area contributed by atoms with Gasteiger partial charge in [0.25, 0.3) is 15.9 Å². The summed E-state index contributed by atoms with van der Waals surface area (Å²) < 4.78 is 46.1. The summed E-state index contributed by atoms with van der Waals surface area (Å²) >= 11 is 0. The molecular weight excluding hydrogens is 417 g/mol. The lowest BCUT2D eigenvalue weighted by Gasteiger charge is -2.15. The van der Waals surface area contributed by atoms with E-state index in [1.807, 2.05) is 5.32 Å². The highest BCUT2D eigenvalue weighted by atomic mass is 32.2. The Bertz CT molecular complexity index is 1090. The van der Waals surface area contributed by atoms with Gasteiger partial charge >= 0.3 is 12.0 Å². The molecule has 0 spiro atoms. The van der Waals surface area contributed by atoms with Crippen LogP contribution in [0.1, 0.15) is 22.8 Å². The summed E-state index contributed by atoms with van der Waals surface area (Å²) in [4.78, 5) is 35.2. The molecule has 2 aromatic carbocycles. The van der Waals surface area contributed by atoms with Crippen LogP contribution in [-0.4, -0.2) is 39.5 Å². The van der Waals surface area contributed by atoms with E-state index in [1.165, 1.54) is 44.3 Å². The Morgan fingerprint density at radius 3 is 2.40 bits per heavy atom. The van der Waals surface area contributed by atoms with Gasteiger partial charge in [-0.1, -0.05) is 18.2 Å². The summed E-state index contributed by atoms with van der Waals surface area (Å²) in [6.07, 6.45) is -1.31. The highest BCUT2D eigenvalue weighted by Crippen LogP contribution is 2.21. The van der Waals surface area contributed by atoms with Crippen LogP contribution in [0.2, 0.25) is 0 Å². The van der Waals surface area contributed by atoms with Crippen molar-refractivity contribution in [3.05, 3.63) is 59.4 Å². The topological polar surface area (TPSA) is 131 Å². The molecule has 0 heterocycles. The van der Waals surface area contributed by atoms with Crippen LogP contribution in [0.5, 0.6) is 0 Å². The molecule has 3 amide bonds. The first kappa shape index (κ1) is 22.8. The molecule has 0 aromatic heterocycles. The minimum atomic E-state index is -4.20. The van der Waals surface area contributed by atoms with Crippen molar-refractivity contribution in [1.29, 1.82) is 0 Å². The van der Waals surface area contributed by atoms with E-state index in [0.29, 0.717) is 5.56 Å². The summed E-state index contributed by atoms with van der Waals surface area (Å²) in [7, 11) is -2.89. The summed E-state index contributed by atoms with van der Waals surface area (Å²) in [5.74, 6) is -2.58. The van der Waals surface area contributed by atoms with Gasteiger partial charge in [0.05, 0.1) is 16.1 Å². The van der Waals surface area contributed by atoms with Crippen molar-refractivity contribution in [2.75, 3.05) is 11.8 Å². The number of aryl methyl sites for hydroxylation is 1. The number of benzene rings is 2. The van der Waals surface area contributed by atoms with Crippen molar-refractivity contribution in [1.82, 2.24) is 10.6 Å². The number of rotatable bonds is 6. The average Bonchev–Trinajstić information content (AvgIpc) is 2.69. The van der Waals surface area contributed by atoms with Crippen molar-refractivity contribution < 1.29 is 31.9 Å². The Labute approximate surface area is 172 Å². The molecule has 30 heavy (non-hydrogen) atoms. The number of imide groups is 1. The van der Waals surface area contributed by atoms with Gasteiger partial charge in [-0.15, -0.1) is 0 Å². The van der Waals surface area contributed by atoms with E-state index in [1.54, 1.807) is 6.92 Å². The molecule has 2 aromatic rings. The molecule has 0 fully saturated rings. The van der Waals surface area contributed by atoms with Gasteiger partial charge in [-0.05, 0) is 43.7 Å². The molecule has 0 saturated heterocycles. The van der Waals surface area contributed by atoms with Crippen molar-refractivity contribution in [3.8, 4) is 0 Å². The first-order valence-corrected chi connectivity index (χ1v) is 10.1. The number of esters is 1. The number of para-hydroxylation sites is 1. The number of carbonyl (C=O) groups excluding carboxylic acids is 3. The van der Waals surface area contributed by atoms with E-state index >= 15 is 0 Å². The third kappa shape index (κ3) is 5.54. The number of ether oxygens (including phenoxy) is 1. The molecule has 0 aliphatic heterocycles. The Morgan fingerprint density at radius 1 is 1.10 bits per heavy atom. The van der Waals surface area contributed by atoms with Crippen LogP contribution in [0.3, 0.4) is 0 Å². The third-order valence-corrected chi connectivity index (χ3v) is 5.34. The van der Waals surface area contributed by atoms with Crippen LogP contribution in [0, 0.1) is 12.7 Å².